The fourth-order valence-corrected chi connectivity index (χ4v) is 4.04. The number of carboxylic acids is 1. The summed E-state index contributed by atoms with van der Waals surface area (Å²) in [6.07, 6.45) is 1.94. The minimum Gasteiger partial charge on any atom is -0.481 e. The minimum absolute atomic E-state index is 0.0593. The van der Waals surface area contributed by atoms with Crippen molar-refractivity contribution in [2.45, 2.75) is 25.8 Å². The summed E-state index contributed by atoms with van der Waals surface area (Å²) >= 11 is 6.25. The van der Waals surface area contributed by atoms with Crippen LogP contribution in [0.1, 0.15) is 35.3 Å². The number of aromatic nitrogens is 1. The van der Waals surface area contributed by atoms with Gasteiger partial charge in [0.1, 0.15) is 5.69 Å². The second-order valence-electron chi connectivity index (χ2n) is 8.46. The summed E-state index contributed by atoms with van der Waals surface area (Å²) in [6, 6.07) is 20.1. The number of carbonyl (C=O) groups excluding carboxylic acids is 1. The van der Waals surface area contributed by atoms with Crippen LogP contribution in [0.2, 0.25) is 5.02 Å². The number of aliphatic carboxylic acids is 1. The van der Waals surface area contributed by atoms with E-state index >= 15 is 0 Å². The first-order valence-electron chi connectivity index (χ1n) is 11.6. The lowest BCUT2D eigenvalue weighted by atomic mass is 10.00. The Morgan fingerprint density at radius 1 is 0.838 bits per heavy atom. The highest BCUT2D eigenvalue weighted by molar-refractivity contribution is 6.30. The Kier molecular flexibility index (Phi) is 8.25. The molecule has 0 saturated carbocycles. The number of ketones is 1. The van der Waals surface area contributed by atoms with Gasteiger partial charge in [-0.25, -0.2) is 8.78 Å². The molecule has 8 heteroatoms. The number of pyridine rings is 1. The van der Waals surface area contributed by atoms with Crippen LogP contribution in [0, 0.1) is 11.6 Å². The summed E-state index contributed by atoms with van der Waals surface area (Å²) < 4.78 is 26.8. The number of hydrogen-bond acceptors (Lipinski definition) is 4. The lowest BCUT2D eigenvalue weighted by molar-refractivity contribution is -0.137. The van der Waals surface area contributed by atoms with E-state index in [0.29, 0.717) is 17.1 Å². The molecule has 0 aliphatic heterocycles. The van der Waals surface area contributed by atoms with E-state index in [1.807, 2.05) is 36.4 Å². The van der Waals surface area contributed by atoms with Gasteiger partial charge < -0.3 is 10.4 Å². The molecular weight excluding hydrogens is 498 g/mol. The molecule has 2 N–H and O–H groups in total. The van der Waals surface area contributed by atoms with Crippen molar-refractivity contribution in [1.82, 2.24) is 4.98 Å². The zero-order valence-electron chi connectivity index (χ0n) is 19.7. The molecule has 188 valence electrons. The summed E-state index contributed by atoms with van der Waals surface area (Å²) in [6.45, 7) is 0.479. The third-order valence-corrected chi connectivity index (χ3v) is 6.08. The highest BCUT2D eigenvalue weighted by Crippen LogP contribution is 2.29. The monoisotopic (exact) mass is 520 g/mol. The van der Waals surface area contributed by atoms with Crippen LogP contribution in [0.15, 0.2) is 79.0 Å². The fraction of sp³-hybridized carbons (Fsp3) is 0.138. The quantitative estimate of drug-likeness (QED) is 0.213. The van der Waals surface area contributed by atoms with Crippen molar-refractivity contribution in [2.24, 2.45) is 0 Å². The van der Waals surface area contributed by atoms with Crippen molar-refractivity contribution in [3.63, 3.8) is 0 Å². The Bertz CT molecular complexity index is 1420. The van der Waals surface area contributed by atoms with Gasteiger partial charge >= 0.3 is 5.97 Å². The van der Waals surface area contributed by atoms with Crippen LogP contribution >= 0.6 is 11.6 Å². The van der Waals surface area contributed by atoms with Crippen molar-refractivity contribution in [3.8, 4) is 22.3 Å². The Balaban J connectivity index is 1.45. The number of nitrogens with zero attached hydrogens (tertiary/aromatic N) is 1. The number of carboxylic acid groups (broad SMARTS) is 1. The van der Waals surface area contributed by atoms with Gasteiger partial charge in [0.15, 0.2) is 17.4 Å². The average molecular weight is 521 g/mol. The predicted molar refractivity (Wildman–Crippen MR) is 140 cm³/mol. The molecule has 1 heterocycles. The van der Waals surface area contributed by atoms with Crippen LogP contribution < -0.4 is 5.32 Å². The zero-order valence-corrected chi connectivity index (χ0v) is 20.4. The van der Waals surface area contributed by atoms with Gasteiger partial charge in [-0.15, -0.1) is 0 Å². The molecule has 5 nitrogen and oxygen atoms in total. The predicted octanol–water partition coefficient (Wildman–Crippen LogP) is 7.40. The molecule has 3 aromatic carbocycles. The van der Waals surface area contributed by atoms with Gasteiger partial charge in [-0.1, -0.05) is 41.9 Å². The molecule has 0 fully saturated rings. The second kappa shape index (κ2) is 11.8. The van der Waals surface area contributed by atoms with Crippen LogP contribution in [-0.4, -0.2) is 21.8 Å². The molecule has 4 rings (SSSR count). The van der Waals surface area contributed by atoms with E-state index in [-0.39, 0.29) is 30.7 Å². The molecule has 4 aromatic rings. The number of hydrogen-bond donors (Lipinski definition) is 2. The third-order valence-electron chi connectivity index (χ3n) is 5.85. The molecule has 0 aliphatic carbocycles. The van der Waals surface area contributed by atoms with Crippen LogP contribution in [0.5, 0.6) is 0 Å². The normalized spacial score (nSPS) is 10.8. The van der Waals surface area contributed by atoms with Crippen molar-refractivity contribution in [2.75, 3.05) is 5.32 Å². The Hall–Kier alpha value is -4.10. The lowest BCUT2D eigenvalue weighted by Gasteiger charge is -2.13. The molecule has 37 heavy (non-hydrogen) atoms. The smallest absolute Gasteiger partial charge is 0.303 e. The Morgan fingerprint density at radius 2 is 1.57 bits per heavy atom. The number of halogens is 3. The first-order valence-corrected chi connectivity index (χ1v) is 12.0. The Labute approximate surface area is 217 Å². The van der Waals surface area contributed by atoms with E-state index in [1.54, 1.807) is 24.4 Å². The second-order valence-corrected chi connectivity index (χ2v) is 8.90. The molecule has 0 bridgehead atoms. The van der Waals surface area contributed by atoms with Crippen molar-refractivity contribution in [1.29, 1.82) is 0 Å². The average Bonchev–Trinajstić information content (AvgIpc) is 2.89. The molecule has 0 saturated heterocycles. The van der Waals surface area contributed by atoms with Crippen molar-refractivity contribution >= 4 is 29.0 Å². The van der Waals surface area contributed by atoms with E-state index in [1.165, 1.54) is 12.1 Å². The van der Waals surface area contributed by atoms with E-state index in [2.05, 4.69) is 10.3 Å². The van der Waals surface area contributed by atoms with Crippen LogP contribution in [0.3, 0.4) is 0 Å². The van der Waals surface area contributed by atoms with E-state index in [9.17, 15) is 18.4 Å². The minimum atomic E-state index is -0.933. The summed E-state index contributed by atoms with van der Waals surface area (Å²) in [5.41, 5.74) is 5.08. The lowest BCUT2D eigenvalue weighted by Crippen LogP contribution is -2.04. The maximum Gasteiger partial charge on any atom is 0.303 e. The molecule has 0 atom stereocenters. The fourth-order valence-electron chi connectivity index (χ4n) is 3.87. The molecule has 0 spiro atoms. The molecule has 0 aliphatic rings. The van der Waals surface area contributed by atoms with Gasteiger partial charge in [-0.2, -0.15) is 0 Å². The van der Waals surface area contributed by atoms with Crippen molar-refractivity contribution in [3.05, 3.63) is 107 Å². The zero-order chi connectivity index (χ0) is 26.4. The number of anilines is 1. The van der Waals surface area contributed by atoms with Crippen LogP contribution in [-0.2, 0) is 11.3 Å². The van der Waals surface area contributed by atoms with Crippen LogP contribution in [0.25, 0.3) is 22.3 Å². The third kappa shape index (κ3) is 6.77. The van der Waals surface area contributed by atoms with E-state index in [0.717, 1.165) is 34.0 Å². The first kappa shape index (κ1) is 26.0. The first-order chi connectivity index (χ1) is 17.8. The van der Waals surface area contributed by atoms with E-state index < -0.39 is 17.6 Å². The van der Waals surface area contributed by atoms with Gasteiger partial charge in [0.05, 0.1) is 0 Å². The molecule has 0 radical (unpaired) electrons. The molecule has 0 unspecified atom stereocenters. The molecular formula is C29H23ClF2N2O3. The number of carbonyl (C=O) groups is 2. The number of Topliss-reactive ketones (excluding diaryl/α,β-unsaturated/α-hetero) is 1. The summed E-state index contributed by atoms with van der Waals surface area (Å²) in [7, 11) is 0. The van der Waals surface area contributed by atoms with Gasteiger partial charge in [0, 0.05) is 41.9 Å². The highest BCUT2D eigenvalue weighted by atomic mass is 35.5. The molecule has 0 amide bonds. The number of rotatable bonds is 10. The van der Waals surface area contributed by atoms with Crippen LogP contribution in [0.4, 0.5) is 14.5 Å². The standard InChI is InChI=1S/C29H23ClF2N2O3/c30-22-9-4-20(16-33-23-10-5-18(6-11-23)19-7-12-25(31)26(32)14-19)24(15-22)21-8-13-27(34-17-21)28(35)2-1-3-29(36)37/h4-15,17,33H,1-3,16H2,(H,36,37). The topological polar surface area (TPSA) is 79.3 Å². The van der Waals surface area contributed by atoms with Crippen molar-refractivity contribution < 1.29 is 23.5 Å². The van der Waals surface area contributed by atoms with Gasteiger partial charge in [0.25, 0.3) is 0 Å². The van der Waals surface area contributed by atoms with E-state index in [4.69, 9.17) is 16.7 Å². The largest absolute Gasteiger partial charge is 0.481 e. The highest BCUT2D eigenvalue weighted by Gasteiger charge is 2.12. The maximum atomic E-state index is 13.6. The Morgan fingerprint density at radius 3 is 2.24 bits per heavy atom. The summed E-state index contributed by atoms with van der Waals surface area (Å²) in [5, 5.41) is 12.6. The summed E-state index contributed by atoms with van der Waals surface area (Å²) in [5.74, 6) is -2.90. The maximum absolute atomic E-state index is 13.6. The molecule has 1 aromatic heterocycles. The SMILES string of the molecule is O=C(O)CCCC(=O)c1ccc(-c2cc(Cl)ccc2CNc2ccc(-c3ccc(F)c(F)c3)cc2)cn1. The van der Waals surface area contributed by atoms with Gasteiger partial charge in [-0.3, -0.25) is 14.6 Å². The number of benzene rings is 3. The van der Waals surface area contributed by atoms with Gasteiger partial charge in [-0.05, 0) is 71.1 Å². The summed E-state index contributed by atoms with van der Waals surface area (Å²) in [4.78, 5) is 27.2. The van der Waals surface area contributed by atoms with Gasteiger partial charge in [0.2, 0.25) is 0 Å². The number of nitrogens with one attached hydrogen (secondary N) is 1.